The summed E-state index contributed by atoms with van der Waals surface area (Å²) in [4.78, 5) is 11.5. The van der Waals surface area contributed by atoms with E-state index in [-0.39, 0.29) is 12.5 Å². The van der Waals surface area contributed by atoms with Crippen molar-refractivity contribution < 1.29 is 9.53 Å². The number of nitrogens with two attached hydrogens (primary N) is 1. The third-order valence-electron chi connectivity index (χ3n) is 2.05. The zero-order valence-electron chi connectivity index (χ0n) is 10.6. The van der Waals surface area contributed by atoms with E-state index >= 15 is 0 Å². The minimum atomic E-state index is -0.442. The molecule has 17 heavy (non-hydrogen) atoms. The molecule has 0 saturated heterocycles. The summed E-state index contributed by atoms with van der Waals surface area (Å²) in [5.74, 6) is -0.264. The van der Waals surface area contributed by atoms with Crippen LogP contribution >= 0.6 is 0 Å². The third-order valence-corrected chi connectivity index (χ3v) is 2.05. The van der Waals surface area contributed by atoms with Crippen molar-refractivity contribution in [2.75, 3.05) is 11.9 Å². The molecule has 1 rings (SSSR count). The van der Waals surface area contributed by atoms with Gasteiger partial charge >= 0.3 is 5.97 Å². The molecule has 0 spiro atoms. The predicted molar refractivity (Wildman–Crippen MR) is 68.7 cm³/mol. The van der Waals surface area contributed by atoms with Gasteiger partial charge in [0.25, 0.3) is 0 Å². The van der Waals surface area contributed by atoms with Crippen molar-refractivity contribution in [3.05, 3.63) is 29.8 Å². The molecule has 0 heterocycles. The second-order valence-electron chi connectivity index (χ2n) is 4.84. The van der Waals surface area contributed by atoms with E-state index in [2.05, 4.69) is 5.32 Å². The lowest BCUT2D eigenvalue weighted by Crippen LogP contribution is -2.28. The molecule has 0 amide bonds. The minimum absolute atomic E-state index is 0.166. The van der Waals surface area contributed by atoms with Gasteiger partial charge in [0, 0.05) is 12.2 Å². The van der Waals surface area contributed by atoms with Crippen LogP contribution in [0.5, 0.6) is 0 Å². The van der Waals surface area contributed by atoms with Gasteiger partial charge in [-0.2, -0.15) is 0 Å². The second kappa shape index (κ2) is 5.68. The van der Waals surface area contributed by atoms with E-state index in [1.807, 2.05) is 45.0 Å². The maximum absolute atomic E-state index is 11.5. The Labute approximate surface area is 102 Å². The first-order chi connectivity index (χ1) is 7.90. The predicted octanol–water partition coefficient (Wildman–Crippen LogP) is 1.90. The van der Waals surface area contributed by atoms with Crippen LogP contribution in [0.25, 0.3) is 0 Å². The fourth-order valence-corrected chi connectivity index (χ4v) is 1.31. The fourth-order valence-electron chi connectivity index (χ4n) is 1.31. The van der Waals surface area contributed by atoms with E-state index in [1.54, 1.807) is 0 Å². The molecule has 0 aliphatic heterocycles. The Morgan fingerprint density at radius 2 is 1.88 bits per heavy atom. The van der Waals surface area contributed by atoms with Gasteiger partial charge in [-0.05, 0) is 38.5 Å². The SMILES string of the molecule is CC(C)(C)OC(=O)CNc1ccc(CN)cc1. The Morgan fingerprint density at radius 3 is 2.35 bits per heavy atom. The van der Waals surface area contributed by atoms with Crippen molar-refractivity contribution in [3.63, 3.8) is 0 Å². The monoisotopic (exact) mass is 236 g/mol. The van der Waals surface area contributed by atoms with Gasteiger partial charge in [-0.25, -0.2) is 0 Å². The molecule has 0 fully saturated rings. The average Bonchev–Trinajstić information content (AvgIpc) is 2.25. The number of hydrogen-bond acceptors (Lipinski definition) is 4. The molecule has 0 radical (unpaired) electrons. The van der Waals surface area contributed by atoms with Crippen LogP contribution in [0, 0.1) is 0 Å². The number of anilines is 1. The lowest BCUT2D eigenvalue weighted by atomic mass is 10.2. The van der Waals surface area contributed by atoms with Gasteiger partial charge in [0.2, 0.25) is 0 Å². The van der Waals surface area contributed by atoms with Crippen molar-refractivity contribution >= 4 is 11.7 Å². The van der Waals surface area contributed by atoms with Crippen LogP contribution in [0.2, 0.25) is 0 Å². The molecule has 4 heteroatoms. The molecule has 4 nitrogen and oxygen atoms in total. The molecule has 0 bridgehead atoms. The van der Waals surface area contributed by atoms with E-state index in [0.29, 0.717) is 6.54 Å². The highest BCUT2D eigenvalue weighted by atomic mass is 16.6. The summed E-state index contributed by atoms with van der Waals surface area (Å²) in [7, 11) is 0. The number of benzene rings is 1. The van der Waals surface area contributed by atoms with Gasteiger partial charge in [-0.1, -0.05) is 12.1 Å². The summed E-state index contributed by atoms with van der Waals surface area (Å²) in [5, 5.41) is 3.00. The summed E-state index contributed by atoms with van der Waals surface area (Å²) in [6, 6.07) is 7.65. The van der Waals surface area contributed by atoms with Crippen molar-refractivity contribution in [2.24, 2.45) is 5.73 Å². The second-order valence-corrected chi connectivity index (χ2v) is 4.84. The number of nitrogens with one attached hydrogen (secondary N) is 1. The lowest BCUT2D eigenvalue weighted by molar-refractivity contribution is -0.152. The highest BCUT2D eigenvalue weighted by molar-refractivity contribution is 5.75. The molecule has 0 unspecified atom stereocenters. The summed E-state index contributed by atoms with van der Waals surface area (Å²) in [5.41, 5.74) is 7.00. The fraction of sp³-hybridized carbons (Fsp3) is 0.462. The lowest BCUT2D eigenvalue weighted by Gasteiger charge is -2.19. The first kappa shape index (κ1) is 13.5. The van der Waals surface area contributed by atoms with Gasteiger partial charge < -0.3 is 15.8 Å². The minimum Gasteiger partial charge on any atom is -0.459 e. The van der Waals surface area contributed by atoms with E-state index in [1.165, 1.54) is 0 Å². The summed E-state index contributed by atoms with van der Waals surface area (Å²) in [6.07, 6.45) is 0. The first-order valence-electron chi connectivity index (χ1n) is 5.65. The smallest absolute Gasteiger partial charge is 0.325 e. The van der Waals surface area contributed by atoms with Gasteiger partial charge in [-0.15, -0.1) is 0 Å². The number of hydrogen-bond donors (Lipinski definition) is 2. The summed E-state index contributed by atoms with van der Waals surface area (Å²) in [6.45, 7) is 6.23. The quantitative estimate of drug-likeness (QED) is 0.784. The Balaban J connectivity index is 2.42. The molecule has 3 N–H and O–H groups in total. The zero-order valence-corrected chi connectivity index (χ0v) is 10.6. The number of ether oxygens (including phenoxy) is 1. The van der Waals surface area contributed by atoms with Crippen LogP contribution in [0.1, 0.15) is 26.3 Å². The van der Waals surface area contributed by atoms with Crippen LogP contribution in [0.15, 0.2) is 24.3 Å². The molecule has 1 aromatic carbocycles. The molecule has 0 aromatic heterocycles. The normalized spacial score (nSPS) is 11.1. The van der Waals surface area contributed by atoms with Crippen LogP contribution in [0.3, 0.4) is 0 Å². The van der Waals surface area contributed by atoms with Crippen LogP contribution in [0.4, 0.5) is 5.69 Å². The Morgan fingerprint density at radius 1 is 1.29 bits per heavy atom. The molecule has 0 saturated carbocycles. The topological polar surface area (TPSA) is 64.3 Å². The average molecular weight is 236 g/mol. The Hall–Kier alpha value is -1.55. The van der Waals surface area contributed by atoms with Gasteiger partial charge in [-0.3, -0.25) is 4.79 Å². The van der Waals surface area contributed by atoms with E-state index in [9.17, 15) is 4.79 Å². The maximum Gasteiger partial charge on any atom is 0.325 e. The van der Waals surface area contributed by atoms with E-state index < -0.39 is 5.60 Å². The van der Waals surface area contributed by atoms with E-state index in [4.69, 9.17) is 10.5 Å². The van der Waals surface area contributed by atoms with Crippen molar-refractivity contribution in [1.82, 2.24) is 0 Å². The molecule has 94 valence electrons. The van der Waals surface area contributed by atoms with Crippen molar-refractivity contribution in [1.29, 1.82) is 0 Å². The van der Waals surface area contributed by atoms with E-state index in [0.717, 1.165) is 11.3 Å². The van der Waals surface area contributed by atoms with Crippen LogP contribution < -0.4 is 11.1 Å². The largest absolute Gasteiger partial charge is 0.459 e. The Bertz CT molecular complexity index is 366. The number of rotatable bonds is 4. The first-order valence-corrected chi connectivity index (χ1v) is 5.65. The molecule has 0 aliphatic carbocycles. The maximum atomic E-state index is 11.5. The highest BCUT2D eigenvalue weighted by Gasteiger charge is 2.15. The third kappa shape index (κ3) is 5.36. The van der Waals surface area contributed by atoms with Gasteiger partial charge in [0.15, 0.2) is 0 Å². The number of carbonyl (C=O) groups is 1. The van der Waals surface area contributed by atoms with Crippen molar-refractivity contribution in [3.8, 4) is 0 Å². The molecular formula is C13H20N2O2. The molecule has 0 aliphatic rings. The standard InChI is InChI=1S/C13H20N2O2/c1-13(2,3)17-12(16)9-15-11-6-4-10(8-14)5-7-11/h4-7,15H,8-9,14H2,1-3H3. The summed E-state index contributed by atoms with van der Waals surface area (Å²) >= 11 is 0. The highest BCUT2D eigenvalue weighted by Crippen LogP contribution is 2.10. The number of carbonyl (C=O) groups excluding carboxylic acids is 1. The van der Waals surface area contributed by atoms with Gasteiger partial charge in [0.1, 0.15) is 12.1 Å². The molecule has 0 atom stereocenters. The molecular weight excluding hydrogens is 216 g/mol. The van der Waals surface area contributed by atoms with Gasteiger partial charge in [0.05, 0.1) is 0 Å². The van der Waals surface area contributed by atoms with Crippen LogP contribution in [-0.4, -0.2) is 18.1 Å². The van der Waals surface area contributed by atoms with Crippen LogP contribution in [-0.2, 0) is 16.1 Å². The molecule has 1 aromatic rings. The number of esters is 1. The van der Waals surface area contributed by atoms with Crippen molar-refractivity contribution in [2.45, 2.75) is 32.9 Å². The Kier molecular flexibility index (Phi) is 4.52. The summed E-state index contributed by atoms with van der Waals surface area (Å²) < 4.78 is 5.18. The zero-order chi connectivity index (χ0) is 12.9.